The molecular weight excluding hydrogens is 1000 g/mol. The number of hydrogen-bond donors (Lipinski definition) is 5. The lowest BCUT2D eigenvalue weighted by atomic mass is 9.93. The van der Waals surface area contributed by atoms with Crippen LogP contribution in [-0.4, -0.2) is 143 Å². The van der Waals surface area contributed by atoms with Crippen molar-refractivity contribution in [3.05, 3.63) is 47.5 Å². The first kappa shape index (κ1) is 63.8. The van der Waals surface area contributed by atoms with Crippen LogP contribution in [0.25, 0.3) is 11.1 Å². The van der Waals surface area contributed by atoms with E-state index in [0.29, 0.717) is 12.0 Å². The minimum Gasteiger partial charge on any atom is -0.444 e. The Hall–Kier alpha value is -7.46. The highest BCUT2D eigenvalue weighted by Crippen LogP contribution is 2.41. The molecule has 4 bridgehead atoms. The third-order valence-electron chi connectivity index (χ3n) is 10.9. The van der Waals surface area contributed by atoms with Crippen molar-refractivity contribution in [2.75, 3.05) is 27.2 Å². The van der Waals surface area contributed by atoms with Crippen molar-refractivity contribution in [3.8, 4) is 22.6 Å². The Bertz CT molecular complexity index is 2520. The van der Waals surface area contributed by atoms with E-state index in [4.69, 9.17) is 28.4 Å². The van der Waals surface area contributed by atoms with Gasteiger partial charge in [-0.2, -0.15) is 0 Å². The number of rotatable bonds is 15. The number of Topliss-reactive ketones (excluding diaryl/α,β-unsaturated/α-hetero) is 1. The van der Waals surface area contributed by atoms with Crippen molar-refractivity contribution >= 4 is 59.8 Å². The molecule has 0 saturated heterocycles. The van der Waals surface area contributed by atoms with E-state index in [1.54, 1.807) is 83.1 Å². The van der Waals surface area contributed by atoms with E-state index in [0.717, 1.165) is 9.80 Å². The van der Waals surface area contributed by atoms with Crippen LogP contribution >= 0.6 is 0 Å². The fourth-order valence-corrected chi connectivity index (χ4v) is 7.28. The molecule has 0 radical (unpaired) electrons. The summed E-state index contributed by atoms with van der Waals surface area (Å²) < 4.78 is 33.3. The summed E-state index contributed by atoms with van der Waals surface area (Å²) >= 11 is 0. The number of carbonyl (C=O) groups excluding carboxylic acids is 10. The first-order valence-corrected chi connectivity index (χ1v) is 25.3. The molecule has 1 aliphatic rings. The number of unbranched alkanes of at least 4 members (excludes halogenated alkanes) is 1. The van der Waals surface area contributed by atoms with Gasteiger partial charge in [0, 0.05) is 38.2 Å². The Morgan fingerprint density at radius 3 is 1.75 bits per heavy atom. The van der Waals surface area contributed by atoms with Crippen LogP contribution in [0.1, 0.15) is 140 Å². The predicted octanol–water partition coefficient (Wildman–Crippen LogP) is 6.17. The number of fused-ring (bicyclic) bond motifs is 5. The van der Waals surface area contributed by atoms with Crippen LogP contribution in [0.3, 0.4) is 0 Å². The Balaban J connectivity index is 2.34. The lowest BCUT2D eigenvalue weighted by molar-refractivity contribution is -0.143. The van der Waals surface area contributed by atoms with Gasteiger partial charge in [-0.05, 0) is 159 Å². The first-order valence-electron chi connectivity index (χ1n) is 25.3. The number of nitrogens with one attached hydrogen (secondary N) is 5. The second-order valence-corrected chi connectivity index (χ2v) is 22.8. The SMILES string of the molecule is CC(=O)[C@H](C)NC(=O)[C@@H]1Cc2ccc(OC(=O)OC(C)(C)C)c(c2)-c2cc(ccc2OC(=O)OC(C)(C)C)[C@H](N(C)C(=O)[C@H](CCCCNC(=O)OC(C)(C)C)NC(=O)CN(C)C(=O)OC(C)(C)C)C(=O)N[C@@H](C)C(=O)N1. The van der Waals surface area contributed by atoms with Crippen molar-refractivity contribution in [1.29, 1.82) is 0 Å². The van der Waals surface area contributed by atoms with Gasteiger partial charge in [0.25, 0.3) is 0 Å². The number of amides is 7. The zero-order valence-corrected chi connectivity index (χ0v) is 47.5. The van der Waals surface area contributed by atoms with Crippen LogP contribution in [0, 0.1) is 0 Å². The summed E-state index contributed by atoms with van der Waals surface area (Å²) in [6.07, 6.45) is -3.48. The lowest BCUT2D eigenvalue weighted by Gasteiger charge is -2.33. The van der Waals surface area contributed by atoms with Gasteiger partial charge in [-0.1, -0.05) is 12.1 Å². The van der Waals surface area contributed by atoms with Crippen molar-refractivity contribution in [3.63, 3.8) is 0 Å². The van der Waals surface area contributed by atoms with Gasteiger partial charge in [0.2, 0.25) is 29.5 Å². The molecule has 0 aromatic heterocycles. The molecular formula is C54H79N7O16. The van der Waals surface area contributed by atoms with E-state index in [-0.39, 0.29) is 59.8 Å². The summed E-state index contributed by atoms with van der Waals surface area (Å²) in [5.41, 5.74) is -3.24. The quantitative estimate of drug-likeness (QED) is 0.0577. The van der Waals surface area contributed by atoms with Crippen molar-refractivity contribution < 1.29 is 76.4 Å². The second kappa shape index (κ2) is 26.5. The molecule has 5 atom stereocenters. The van der Waals surface area contributed by atoms with E-state index in [1.807, 2.05) is 0 Å². The van der Waals surface area contributed by atoms with Gasteiger partial charge >= 0.3 is 24.5 Å². The van der Waals surface area contributed by atoms with Crippen molar-refractivity contribution in [1.82, 2.24) is 36.4 Å². The highest BCUT2D eigenvalue weighted by Gasteiger charge is 2.37. The number of ketones is 1. The second-order valence-electron chi connectivity index (χ2n) is 22.8. The number of nitrogens with zero attached hydrogens (tertiary/aromatic N) is 2. The van der Waals surface area contributed by atoms with E-state index >= 15 is 4.79 Å². The van der Waals surface area contributed by atoms with Gasteiger partial charge in [-0.25, -0.2) is 19.2 Å². The fraction of sp³-hybridized carbons (Fsp3) is 0.593. The number of likely N-dealkylation sites (N-methyl/N-ethyl adjacent to an activating group) is 2. The molecule has 5 N–H and O–H groups in total. The molecule has 23 nitrogen and oxygen atoms in total. The van der Waals surface area contributed by atoms with E-state index in [1.165, 1.54) is 71.3 Å². The van der Waals surface area contributed by atoms with Crippen molar-refractivity contribution in [2.45, 2.75) is 182 Å². The molecule has 77 heavy (non-hydrogen) atoms. The van der Waals surface area contributed by atoms with Gasteiger partial charge in [-0.3, -0.25) is 28.8 Å². The minimum absolute atomic E-state index is 0.000263. The Kier molecular flexibility index (Phi) is 22.0. The molecule has 2 aromatic carbocycles. The molecule has 2 aromatic rings. The standard InChI is InChI=1S/C54H79N7O16/c1-30(32(3)62)56-44(65)38-27-33-21-23-39(72-49(70)76-53(10,11)12)35(26-33)36-28-34(22-24-40(36)73-50(71)77-54(13,14)15)42(45(66)57-31(2)43(64)59-38)61(17)46(67)37(20-18-19-25-55-47(68)74-51(4,5)6)58-41(63)29-60(16)48(69)75-52(7,8)9/h21-24,26,28,30-31,37-38,42H,18-20,25,27,29H2,1-17H3,(H,55,68)(H,56,65)(H,57,66)(H,58,63)(H,59,64)/t30-,31-,37-,38-,42-/m0/s1. The van der Waals surface area contributed by atoms with Crippen LogP contribution in [0.2, 0.25) is 0 Å². The average molecular weight is 1080 g/mol. The maximum atomic E-state index is 15.0. The first-order chi connectivity index (χ1) is 35.3. The van der Waals surface area contributed by atoms with Gasteiger partial charge in [0.1, 0.15) is 64.6 Å². The molecule has 7 amide bonds. The highest BCUT2D eigenvalue weighted by molar-refractivity contribution is 5.97. The zero-order chi connectivity index (χ0) is 58.5. The molecule has 426 valence electrons. The van der Waals surface area contributed by atoms with E-state index in [9.17, 15) is 43.2 Å². The van der Waals surface area contributed by atoms with E-state index < -0.39 is 113 Å². The van der Waals surface area contributed by atoms with Crippen LogP contribution in [0.4, 0.5) is 19.2 Å². The number of hydrogen-bond acceptors (Lipinski definition) is 16. The smallest absolute Gasteiger partial charge is 0.444 e. The molecule has 0 unspecified atom stereocenters. The monoisotopic (exact) mass is 1080 g/mol. The predicted molar refractivity (Wildman–Crippen MR) is 282 cm³/mol. The molecule has 0 saturated carbocycles. The molecule has 23 heteroatoms. The van der Waals surface area contributed by atoms with E-state index in [2.05, 4.69) is 26.6 Å². The summed E-state index contributed by atoms with van der Waals surface area (Å²) in [6.45, 7) is 23.5. The lowest BCUT2D eigenvalue weighted by Crippen LogP contribution is -2.57. The summed E-state index contributed by atoms with van der Waals surface area (Å²) in [6, 6.07) is 1.76. The molecule has 0 fully saturated rings. The number of ether oxygens (including phenoxy) is 6. The maximum Gasteiger partial charge on any atom is 0.514 e. The van der Waals surface area contributed by atoms with Gasteiger partial charge in [0.05, 0.1) is 6.04 Å². The summed E-state index contributed by atoms with van der Waals surface area (Å²) in [5, 5.41) is 13.2. The Morgan fingerprint density at radius 1 is 0.688 bits per heavy atom. The summed E-state index contributed by atoms with van der Waals surface area (Å²) in [7, 11) is 2.62. The Morgan fingerprint density at radius 2 is 1.22 bits per heavy atom. The number of alkyl carbamates (subject to hydrolysis) is 1. The Labute approximate surface area is 450 Å². The summed E-state index contributed by atoms with van der Waals surface area (Å²) in [4.78, 5) is 138. The zero-order valence-electron chi connectivity index (χ0n) is 47.5. The number of carbonyl (C=O) groups is 10. The molecule has 0 aliphatic carbocycles. The van der Waals surface area contributed by atoms with Gasteiger partial charge < -0.3 is 64.8 Å². The third-order valence-corrected chi connectivity index (χ3v) is 10.9. The van der Waals surface area contributed by atoms with Crippen LogP contribution in [-0.2, 0) is 54.1 Å². The van der Waals surface area contributed by atoms with Gasteiger partial charge in [0.15, 0.2) is 5.78 Å². The average Bonchev–Trinajstić information content (AvgIpc) is 3.26. The van der Waals surface area contributed by atoms with Crippen LogP contribution in [0.15, 0.2) is 36.4 Å². The number of benzene rings is 2. The normalized spacial score (nSPS) is 16.8. The molecule has 0 spiro atoms. The molecule has 1 heterocycles. The fourth-order valence-electron chi connectivity index (χ4n) is 7.28. The minimum atomic E-state index is -1.67. The maximum absolute atomic E-state index is 15.0. The van der Waals surface area contributed by atoms with Crippen LogP contribution in [0.5, 0.6) is 11.5 Å². The molecule has 3 rings (SSSR count). The highest BCUT2D eigenvalue weighted by atomic mass is 16.7. The van der Waals surface area contributed by atoms with Crippen LogP contribution < -0.4 is 36.1 Å². The third kappa shape index (κ3) is 21.6. The summed E-state index contributed by atoms with van der Waals surface area (Å²) in [5.74, 6) is -4.82. The topological polar surface area (TPSA) is 293 Å². The van der Waals surface area contributed by atoms with Crippen molar-refractivity contribution in [2.24, 2.45) is 0 Å². The van der Waals surface area contributed by atoms with Gasteiger partial charge in [-0.15, -0.1) is 0 Å². The molecule has 1 aliphatic heterocycles. The largest absolute Gasteiger partial charge is 0.514 e.